The van der Waals surface area contributed by atoms with Crippen molar-refractivity contribution < 1.29 is 0 Å². The molecule has 0 aliphatic heterocycles. The molecule has 0 fully saturated rings. The van der Waals surface area contributed by atoms with Gasteiger partial charge in [-0.1, -0.05) is 41.5 Å². The van der Waals surface area contributed by atoms with Crippen LogP contribution >= 0.6 is 0 Å². The van der Waals surface area contributed by atoms with E-state index in [1.54, 1.807) is 0 Å². The van der Waals surface area contributed by atoms with Crippen LogP contribution in [0, 0.1) is 11.8 Å². The van der Waals surface area contributed by atoms with Crippen LogP contribution in [0.4, 0.5) is 0 Å². The van der Waals surface area contributed by atoms with E-state index in [1.807, 2.05) is 13.8 Å². The summed E-state index contributed by atoms with van der Waals surface area (Å²) in [6.07, 6.45) is 0. The Morgan fingerprint density at radius 2 is 1.31 bits per heavy atom. The molecule has 0 heterocycles. The van der Waals surface area contributed by atoms with Crippen molar-refractivity contribution in [2.24, 2.45) is 11.8 Å². The average Bonchev–Trinajstić information content (AvgIpc) is 2.05. The highest BCUT2D eigenvalue weighted by Gasteiger charge is 2.13. The number of nitrogens with zero attached hydrogens (tertiary/aromatic N) is 1. The van der Waals surface area contributed by atoms with Crippen molar-refractivity contribution in [2.75, 3.05) is 13.6 Å². The van der Waals surface area contributed by atoms with Crippen LogP contribution < -0.4 is 0 Å². The molecule has 0 radical (unpaired) electrons. The Bertz CT molecular complexity index is 97.3. The van der Waals surface area contributed by atoms with E-state index in [2.05, 4.69) is 46.6 Å². The van der Waals surface area contributed by atoms with Gasteiger partial charge in [0.05, 0.1) is 0 Å². The fraction of sp³-hybridized carbons (Fsp3) is 1.00. The summed E-state index contributed by atoms with van der Waals surface area (Å²) in [5.74, 6) is 1.54. The Balaban J connectivity index is 0. The molecular weight excluding hydrogens is 158 g/mol. The molecule has 0 saturated carbocycles. The third-order valence-corrected chi connectivity index (χ3v) is 2.31. The lowest BCUT2D eigenvalue weighted by atomic mass is 10.0. The van der Waals surface area contributed by atoms with E-state index in [4.69, 9.17) is 0 Å². The van der Waals surface area contributed by atoms with Crippen molar-refractivity contribution in [3.05, 3.63) is 0 Å². The van der Waals surface area contributed by atoms with Gasteiger partial charge in [-0.3, -0.25) is 0 Å². The van der Waals surface area contributed by atoms with Gasteiger partial charge in [0.2, 0.25) is 0 Å². The van der Waals surface area contributed by atoms with Crippen molar-refractivity contribution in [3.8, 4) is 0 Å². The normalized spacial score (nSPS) is 13.2. The molecule has 82 valence electrons. The monoisotopic (exact) mass is 187 g/mol. The molecule has 0 aromatic heterocycles. The highest BCUT2D eigenvalue weighted by Crippen LogP contribution is 2.09. The zero-order valence-electron chi connectivity index (χ0n) is 10.9. The van der Waals surface area contributed by atoms with Crippen LogP contribution in [0.5, 0.6) is 0 Å². The van der Waals surface area contributed by atoms with Crippen molar-refractivity contribution in [3.63, 3.8) is 0 Å². The number of rotatable bonds is 4. The molecule has 13 heavy (non-hydrogen) atoms. The predicted molar refractivity (Wildman–Crippen MR) is 63.1 cm³/mol. The maximum Gasteiger partial charge on any atom is 0.00869 e. The van der Waals surface area contributed by atoms with Crippen LogP contribution in [-0.2, 0) is 0 Å². The van der Waals surface area contributed by atoms with Crippen LogP contribution in [-0.4, -0.2) is 24.5 Å². The SMILES string of the molecule is CC.CC(C)CN(C)C(C)C(C)C. The summed E-state index contributed by atoms with van der Waals surface area (Å²) in [6.45, 7) is 16.6. The zero-order chi connectivity index (χ0) is 11.0. The first-order valence-corrected chi connectivity index (χ1v) is 5.65. The highest BCUT2D eigenvalue weighted by atomic mass is 15.1. The van der Waals surface area contributed by atoms with Crippen LogP contribution in [0.3, 0.4) is 0 Å². The minimum atomic E-state index is 0.706. The van der Waals surface area contributed by atoms with E-state index in [0.717, 1.165) is 11.8 Å². The summed E-state index contributed by atoms with van der Waals surface area (Å²) in [4.78, 5) is 2.44. The summed E-state index contributed by atoms with van der Waals surface area (Å²) in [7, 11) is 2.21. The molecule has 0 rings (SSSR count). The Hall–Kier alpha value is -0.0400. The summed E-state index contributed by atoms with van der Waals surface area (Å²) in [5.41, 5.74) is 0. The molecule has 0 amide bonds. The number of hydrogen-bond acceptors (Lipinski definition) is 1. The predicted octanol–water partition coefficient (Wildman–Crippen LogP) is 3.64. The van der Waals surface area contributed by atoms with E-state index in [1.165, 1.54) is 6.54 Å². The fourth-order valence-electron chi connectivity index (χ4n) is 1.25. The Labute approximate surface area is 85.5 Å². The summed E-state index contributed by atoms with van der Waals surface area (Å²) in [6, 6.07) is 0.706. The molecule has 1 unspecified atom stereocenters. The molecule has 0 aromatic rings. The first-order chi connectivity index (χ1) is 5.95. The van der Waals surface area contributed by atoms with Crippen LogP contribution in [0.25, 0.3) is 0 Å². The van der Waals surface area contributed by atoms with E-state index < -0.39 is 0 Å². The van der Waals surface area contributed by atoms with Gasteiger partial charge in [-0.25, -0.2) is 0 Å². The van der Waals surface area contributed by atoms with Gasteiger partial charge < -0.3 is 4.90 Å². The second kappa shape index (κ2) is 8.55. The second-order valence-corrected chi connectivity index (χ2v) is 4.32. The van der Waals surface area contributed by atoms with Gasteiger partial charge in [0.1, 0.15) is 0 Å². The van der Waals surface area contributed by atoms with Gasteiger partial charge in [0, 0.05) is 12.6 Å². The summed E-state index contributed by atoms with van der Waals surface area (Å²) in [5, 5.41) is 0. The Kier molecular flexibility index (Phi) is 10.2. The maximum atomic E-state index is 2.44. The Morgan fingerprint density at radius 1 is 0.923 bits per heavy atom. The highest BCUT2D eigenvalue weighted by molar-refractivity contribution is 4.67. The molecule has 0 N–H and O–H groups in total. The van der Waals surface area contributed by atoms with Gasteiger partial charge in [-0.15, -0.1) is 0 Å². The molecule has 0 aliphatic rings. The fourth-order valence-corrected chi connectivity index (χ4v) is 1.25. The zero-order valence-corrected chi connectivity index (χ0v) is 10.9. The lowest BCUT2D eigenvalue weighted by Gasteiger charge is -2.29. The van der Waals surface area contributed by atoms with Crippen molar-refractivity contribution in [1.82, 2.24) is 4.90 Å². The standard InChI is InChI=1S/C10H23N.C2H6/c1-8(2)7-11(6)10(5)9(3)4;1-2/h8-10H,7H2,1-6H3;1-2H3. The topological polar surface area (TPSA) is 3.24 Å². The summed E-state index contributed by atoms with van der Waals surface area (Å²) >= 11 is 0. The van der Waals surface area contributed by atoms with Crippen molar-refractivity contribution >= 4 is 0 Å². The van der Waals surface area contributed by atoms with E-state index >= 15 is 0 Å². The van der Waals surface area contributed by atoms with E-state index in [0.29, 0.717) is 6.04 Å². The lowest BCUT2D eigenvalue weighted by Crippen LogP contribution is -2.35. The lowest BCUT2D eigenvalue weighted by molar-refractivity contribution is 0.188. The van der Waals surface area contributed by atoms with E-state index in [9.17, 15) is 0 Å². The molecule has 0 aromatic carbocycles. The minimum Gasteiger partial charge on any atom is -0.303 e. The molecule has 1 atom stereocenters. The minimum absolute atomic E-state index is 0.706. The quantitative estimate of drug-likeness (QED) is 0.649. The maximum absolute atomic E-state index is 2.44. The summed E-state index contributed by atoms with van der Waals surface area (Å²) < 4.78 is 0. The average molecular weight is 187 g/mol. The van der Waals surface area contributed by atoms with Crippen LogP contribution in [0.2, 0.25) is 0 Å². The van der Waals surface area contributed by atoms with Gasteiger partial charge in [-0.05, 0) is 25.8 Å². The number of hydrogen-bond donors (Lipinski definition) is 0. The van der Waals surface area contributed by atoms with E-state index in [-0.39, 0.29) is 0 Å². The van der Waals surface area contributed by atoms with Crippen LogP contribution in [0.1, 0.15) is 48.5 Å². The largest absolute Gasteiger partial charge is 0.303 e. The second-order valence-electron chi connectivity index (χ2n) is 4.32. The first kappa shape index (κ1) is 15.4. The van der Waals surface area contributed by atoms with Crippen molar-refractivity contribution in [2.45, 2.75) is 54.5 Å². The molecule has 0 aliphatic carbocycles. The molecular formula is C12H29N. The molecule has 1 heteroatoms. The third kappa shape index (κ3) is 8.29. The van der Waals surface area contributed by atoms with Crippen molar-refractivity contribution in [1.29, 1.82) is 0 Å². The van der Waals surface area contributed by atoms with Gasteiger partial charge in [0.15, 0.2) is 0 Å². The molecule has 0 spiro atoms. The van der Waals surface area contributed by atoms with Gasteiger partial charge in [0.25, 0.3) is 0 Å². The van der Waals surface area contributed by atoms with Crippen LogP contribution in [0.15, 0.2) is 0 Å². The molecule has 0 bridgehead atoms. The Morgan fingerprint density at radius 3 is 1.54 bits per heavy atom. The smallest absolute Gasteiger partial charge is 0.00869 e. The molecule has 0 saturated heterocycles. The van der Waals surface area contributed by atoms with Gasteiger partial charge >= 0.3 is 0 Å². The molecule has 1 nitrogen and oxygen atoms in total. The first-order valence-electron chi connectivity index (χ1n) is 5.65. The van der Waals surface area contributed by atoms with Gasteiger partial charge in [-0.2, -0.15) is 0 Å². The third-order valence-electron chi connectivity index (χ3n) is 2.31.